The van der Waals surface area contributed by atoms with Crippen LogP contribution >= 0.6 is 11.6 Å². The minimum Gasteiger partial charge on any atom is -0.384 e. The second-order valence-electron chi connectivity index (χ2n) is 3.89. The van der Waals surface area contributed by atoms with Crippen molar-refractivity contribution in [3.63, 3.8) is 0 Å². The van der Waals surface area contributed by atoms with Crippen LogP contribution in [0.1, 0.15) is 15.9 Å². The maximum absolute atomic E-state index is 12.0. The molecule has 0 unspecified atom stereocenters. The topological polar surface area (TPSA) is 68.0 Å². The quantitative estimate of drug-likeness (QED) is 0.873. The van der Waals surface area contributed by atoms with Gasteiger partial charge in [-0.2, -0.15) is 0 Å². The molecule has 0 aliphatic heterocycles. The minimum absolute atomic E-state index is 0.221. The van der Waals surface area contributed by atoms with E-state index < -0.39 is 0 Å². The molecular formula is C13H12ClN3O. The summed E-state index contributed by atoms with van der Waals surface area (Å²) in [5.41, 5.74) is 7.47. The lowest BCUT2D eigenvalue weighted by Gasteiger charge is -2.08. The first-order valence-corrected chi connectivity index (χ1v) is 5.73. The second kappa shape index (κ2) is 5.06. The number of amides is 1. The average molecular weight is 262 g/mol. The number of pyridine rings is 1. The van der Waals surface area contributed by atoms with Crippen LogP contribution in [0.4, 0.5) is 11.5 Å². The van der Waals surface area contributed by atoms with Gasteiger partial charge in [0.05, 0.1) is 11.9 Å². The van der Waals surface area contributed by atoms with Crippen molar-refractivity contribution >= 4 is 29.0 Å². The molecule has 0 bridgehead atoms. The molecule has 2 aromatic rings. The van der Waals surface area contributed by atoms with Gasteiger partial charge in [-0.25, -0.2) is 4.98 Å². The first kappa shape index (κ1) is 12.4. The summed E-state index contributed by atoms with van der Waals surface area (Å²) in [6.45, 7) is 1.85. The monoisotopic (exact) mass is 261 g/mol. The summed E-state index contributed by atoms with van der Waals surface area (Å²) < 4.78 is 0. The zero-order valence-corrected chi connectivity index (χ0v) is 10.5. The van der Waals surface area contributed by atoms with E-state index in [1.807, 2.05) is 6.92 Å². The maximum Gasteiger partial charge on any atom is 0.256 e. The standard InChI is InChI=1S/C13H12ClN3O/c1-8-2-3-9(14)6-11(8)13(18)17-10-4-5-12(15)16-7-10/h2-7H,1H3,(H2,15,16)(H,17,18). The summed E-state index contributed by atoms with van der Waals surface area (Å²) in [4.78, 5) is 15.9. The highest BCUT2D eigenvalue weighted by Crippen LogP contribution is 2.17. The molecule has 0 atom stereocenters. The summed E-state index contributed by atoms with van der Waals surface area (Å²) in [6.07, 6.45) is 1.51. The number of nitrogens with two attached hydrogens (primary N) is 1. The van der Waals surface area contributed by atoms with Crippen molar-refractivity contribution in [1.29, 1.82) is 0 Å². The average Bonchev–Trinajstić information content (AvgIpc) is 2.35. The van der Waals surface area contributed by atoms with Gasteiger partial charge in [-0.3, -0.25) is 4.79 Å². The summed E-state index contributed by atoms with van der Waals surface area (Å²) >= 11 is 5.88. The van der Waals surface area contributed by atoms with Gasteiger partial charge in [0.25, 0.3) is 5.91 Å². The molecule has 0 aliphatic carbocycles. The molecule has 4 nitrogen and oxygen atoms in total. The lowest BCUT2D eigenvalue weighted by molar-refractivity contribution is 0.102. The number of hydrogen-bond acceptors (Lipinski definition) is 3. The van der Waals surface area contributed by atoms with Crippen LogP contribution in [0.2, 0.25) is 5.02 Å². The molecule has 1 amide bonds. The number of nitrogen functional groups attached to an aromatic ring is 1. The van der Waals surface area contributed by atoms with Crippen LogP contribution in [0, 0.1) is 6.92 Å². The van der Waals surface area contributed by atoms with Gasteiger partial charge in [0.1, 0.15) is 5.82 Å². The highest BCUT2D eigenvalue weighted by molar-refractivity contribution is 6.31. The smallest absolute Gasteiger partial charge is 0.256 e. The number of aromatic nitrogens is 1. The van der Waals surface area contributed by atoms with Gasteiger partial charge in [0.15, 0.2) is 0 Å². The molecule has 0 saturated heterocycles. The Labute approximate surface area is 110 Å². The highest BCUT2D eigenvalue weighted by atomic mass is 35.5. The third-order valence-corrected chi connectivity index (χ3v) is 2.72. The summed E-state index contributed by atoms with van der Waals surface area (Å²) in [7, 11) is 0. The van der Waals surface area contributed by atoms with Crippen molar-refractivity contribution < 1.29 is 4.79 Å². The zero-order chi connectivity index (χ0) is 13.1. The van der Waals surface area contributed by atoms with Gasteiger partial charge in [-0.15, -0.1) is 0 Å². The highest BCUT2D eigenvalue weighted by Gasteiger charge is 2.09. The van der Waals surface area contributed by atoms with E-state index in [1.54, 1.807) is 30.3 Å². The van der Waals surface area contributed by atoms with Crippen LogP contribution in [-0.2, 0) is 0 Å². The van der Waals surface area contributed by atoms with Crippen molar-refractivity contribution in [3.8, 4) is 0 Å². The van der Waals surface area contributed by atoms with Crippen molar-refractivity contribution in [3.05, 3.63) is 52.7 Å². The van der Waals surface area contributed by atoms with Gasteiger partial charge in [0.2, 0.25) is 0 Å². The fourth-order valence-corrected chi connectivity index (χ4v) is 1.69. The Kier molecular flexibility index (Phi) is 3.48. The number of aryl methyl sites for hydroxylation is 1. The lowest BCUT2D eigenvalue weighted by Crippen LogP contribution is -2.13. The number of carbonyl (C=O) groups excluding carboxylic acids is 1. The van der Waals surface area contributed by atoms with Crippen LogP contribution in [0.3, 0.4) is 0 Å². The van der Waals surface area contributed by atoms with Gasteiger partial charge in [-0.05, 0) is 36.8 Å². The Morgan fingerprint density at radius 2 is 2.11 bits per heavy atom. The van der Waals surface area contributed by atoms with Crippen molar-refractivity contribution in [2.24, 2.45) is 0 Å². The fourth-order valence-electron chi connectivity index (χ4n) is 1.52. The van der Waals surface area contributed by atoms with Crippen molar-refractivity contribution in [2.45, 2.75) is 6.92 Å². The van der Waals surface area contributed by atoms with E-state index >= 15 is 0 Å². The lowest BCUT2D eigenvalue weighted by atomic mass is 10.1. The number of nitrogens with zero attached hydrogens (tertiary/aromatic N) is 1. The number of hydrogen-bond donors (Lipinski definition) is 2. The van der Waals surface area contributed by atoms with Crippen LogP contribution in [0.15, 0.2) is 36.5 Å². The molecule has 2 rings (SSSR count). The second-order valence-corrected chi connectivity index (χ2v) is 4.32. The maximum atomic E-state index is 12.0. The van der Waals surface area contributed by atoms with Gasteiger partial charge < -0.3 is 11.1 Å². The number of halogens is 1. The summed E-state index contributed by atoms with van der Waals surface area (Å²) in [5, 5.41) is 3.27. The van der Waals surface area contributed by atoms with E-state index in [4.69, 9.17) is 17.3 Å². The largest absolute Gasteiger partial charge is 0.384 e. The predicted molar refractivity (Wildman–Crippen MR) is 72.8 cm³/mol. The van der Waals surface area contributed by atoms with E-state index in [-0.39, 0.29) is 5.91 Å². The van der Waals surface area contributed by atoms with Crippen LogP contribution < -0.4 is 11.1 Å². The number of rotatable bonds is 2. The predicted octanol–water partition coefficient (Wildman–Crippen LogP) is 2.88. The third kappa shape index (κ3) is 2.78. The number of anilines is 2. The number of benzene rings is 1. The van der Waals surface area contributed by atoms with E-state index in [9.17, 15) is 4.79 Å². The van der Waals surface area contributed by atoms with Gasteiger partial charge in [0, 0.05) is 10.6 Å². The molecule has 0 spiro atoms. The molecule has 92 valence electrons. The molecule has 1 aromatic carbocycles. The van der Waals surface area contributed by atoms with E-state index in [1.165, 1.54) is 6.20 Å². The SMILES string of the molecule is Cc1ccc(Cl)cc1C(=O)Nc1ccc(N)nc1. The molecule has 0 saturated carbocycles. The first-order chi connectivity index (χ1) is 8.56. The Hall–Kier alpha value is -2.07. The van der Waals surface area contributed by atoms with E-state index in [2.05, 4.69) is 10.3 Å². The van der Waals surface area contributed by atoms with Gasteiger partial charge >= 0.3 is 0 Å². The van der Waals surface area contributed by atoms with E-state index in [0.717, 1.165) is 5.56 Å². The van der Waals surface area contributed by atoms with Crippen LogP contribution in [0.25, 0.3) is 0 Å². The molecule has 3 N–H and O–H groups in total. The van der Waals surface area contributed by atoms with Gasteiger partial charge in [-0.1, -0.05) is 17.7 Å². The zero-order valence-electron chi connectivity index (χ0n) is 9.77. The minimum atomic E-state index is -0.221. The molecule has 0 fully saturated rings. The molecule has 0 aliphatic rings. The molecule has 0 radical (unpaired) electrons. The van der Waals surface area contributed by atoms with Crippen molar-refractivity contribution in [1.82, 2.24) is 4.98 Å². The molecule has 18 heavy (non-hydrogen) atoms. The normalized spacial score (nSPS) is 10.1. The van der Waals surface area contributed by atoms with Crippen LogP contribution in [-0.4, -0.2) is 10.9 Å². The van der Waals surface area contributed by atoms with Crippen LogP contribution in [0.5, 0.6) is 0 Å². The molecule has 1 heterocycles. The molecule has 5 heteroatoms. The number of nitrogens with one attached hydrogen (secondary N) is 1. The molecular weight excluding hydrogens is 250 g/mol. The summed E-state index contributed by atoms with van der Waals surface area (Å²) in [6, 6.07) is 8.51. The first-order valence-electron chi connectivity index (χ1n) is 5.35. The molecule has 1 aromatic heterocycles. The van der Waals surface area contributed by atoms with E-state index in [0.29, 0.717) is 22.1 Å². The Balaban J connectivity index is 2.21. The van der Waals surface area contributed by atoms with Crippen molar-refractivity contribution in [2.75, 3.05) is 11.1 Å². The Morgan fingerprint density at radius 1 is 1.33 bits per heavy atom. The summed E-state index contributed by atoms with van der Waals surface area (Å²) in [5.74, 6) is 0.188. The third-order valence-electron chi connectivity index (χ3n) is 2.49. The Morgan fingerprint density at radius 3 is 2.78 bits per heavy atom. The Bertz CT molecular complexity index is 581. The number of carbonyl (C=O) groups is 1. The fraction of sp³-hybridized carbons (Fsp3) is 0.0769.